The molecule has 0 aliphatic heterocycles. The first-order chi connectivity index (χ1) is 13.3. The Morgan fingerprint density at radius 3 is 2.54 bits per heavy atom. The first-order valence-corrected chi connectivity index (χ1v) is 9.70. The molecule has 1 heterocycles. The zero-order valence-corrected chi connectivity index (χ0v) is 16.7. The van der Waals surface area contributed by atoms with Gasteiger partial charge < -0.3 is 14.4 Å². The highest BCUT2D eigenvalue weighted by molar-refractivity contribution is 7.81. The fourth-order valence-electron chi connectivity index (χ4n) is 2.79. The smallest absolute Gasteiger partial charge is 0.251 e. The Labute approximate surface area is 166 Å². The third-order valence-corrected chi connectivity index (χ3v) is 5.00. The van der Waals surface area contributed by atoms with Crippen LogP contribution in [0.1, 0.15) is 27.2 Å². The molecule has 0 aliphatic rings. The van der Waals surface area contributed by atoms with Crippen molar-refractivity contribution in [3.8, 4) is 0 Å². The van der Waals surface area contributed by atoms with Gasteiger partial charge in [0.1, 0.15) is 0 Å². The summed E-state index contributed by atoms with van der Waals surface area (Å²) in [5.41, 5.74) is 3.82. The first-order valence-electron chi connectivity index (χ1n) is 8.67. The maximum absolute atomic E-state index is 12.5. The van der Waals surface area contributed by atoms with E-state index in [0.29, 0.717) is 16.9 Å². The summed E-state index contributed by atoms with van der Waals surface area (Å²) in [6.45, 7) is 4.02. The summed E-state index contributed by atoms with van der Waals surface area (Å²) >= 11 is -2.54. The van der Waals surface area contributed by atoms with Gasteiger partial charge in [-0.3, -0.25) is 13.3 Å². The van der Waals surface area contributed by atoms with Crippen molar-refractivity contribution < 1.29 is 13.6 Å². The van der Waals surface area contributed by atoms with Crippen LogP contribution in [0.15, 0.2) is 55.0 Å². The van der Waals surface area contributed by atoms with E-state index < -0.39 is 11.3 Å². The van der Waals surface area contributed by atoms with E-state index in [4.69, 9.17) is 0 Å². The summed E-state index contributed by atoms with van der Waals surface area (Å²) < 4.78 is 26.9. The van der Waals surface area contributed by atoms with Crippen LogP contribution in [-0.4, -0.2) is 24.2 Å². The van der Waals surface area contributed by atoms with E-state index >= 15 is 0 Å². The SMILES string of the molecule is Cc1ccc(N(c2cc(C(=O)NCc3cn(C)cn3)ccc2C)S(=O)[O-])cc1. The lowest BCUT2D eigenvalue weighted by Gasteiger charge is -2.28. The molecule has 1 atom stereocenters. The van der Waals surface area contributed by atoms with Crippen LogP contribution >= 0.6 is 0 Å². The van der Waals surface area contributed by atoms with Crippen LogP contribution in [0.25, 0.3) is 0 Å². The quantitative estimate of drug-likeness (QED) is 0.648. The van der Waals surface area contributed by atoms with Gasteiger partial charge in [0.25, 0.3) is 5.91 Å². The van der Waals surface area contributed by atoms with Crippen LogP contribution in [0, 0.1) is 13.8 Å². The Morgan fingerprint density at radius 2 is 1.93 bits per heavy atom. The number of carbonyl (C=O) groups is 1. The van der Waals surface area contributed by atoms with Crippen LogP contribution < -0.4 is 9.62 Å². The van der Waals surface area contributed by atoms with E-state index in [1.165, 1.54) is 4.31 Å². The number of imidazole rings is 1. The van der Waals surface area contributed by atoms with E-state index in [1.54, 1.807) is 48.1 Å². The molecule has 0 saturated carbocycles. The van der Waals surface area contributed by atoms with Gasteiger partial charge in [-0.25, -0.2) is 4.98 Å². The number of hydrogen-bond donors (Lipinski definition) is 1. The molecule has 146 valence electrons. The second-order valence-corrected chi connectivity index (χ2v) is 7.36. The van der Waals surface area contributed by atoms with Crippen molar-refractivity contribution in [3.05, 3.63) is 77.4 Å². The summed E-state index contributed by atoms with van der Waals surface area (Å²) in [4.78, 5) is 16.7. The molecule has 0 fully saturated rings. The molecule has 0 saturated heterocycles. The highest BCUT2D eigenvalue weighted by Crippen LogP contribution is 2.30. The Bertz CT molecular complexity index is 1010. The van der Waals surface area contributed by atoms with Crippen molar-refractivity contribution in [1.82, 2.24) is 14.9 Å². The van der Waals surface area contributed by atoms with E-state index in [2.05, 4.69) is 10.3 Å². The summed E-state index contributed by atoms with van der Waals surface area (Å²) in [6.07, 6.45) is 3.48. The topological polar surface area (TPSA) is 90.3 Å². The minimum Gasteiger partial charge on any atom is -0.755 e. The molecule has 1 N–H and O–H groups in total. The normalized spacial score (nSPS) is 11.9. The monoisotopic (exact) mass is 397 g/mol. The summed E-state index contributed by atoms with van der Waals surface area (Å²) in [5, 5.41) is 2.80. The molecule has 1 amide bonds. The number of aryl methyl sites for hydroxylation is 3. The standard InChI is InChI=1S/C20H22N4O3S/c1-14-4-8-18(9-5-14)24(28(26)27)19-10-16(7-6-15(19)2)20(25)21-11-17-12-23(3)13-22-17/h4-10,12-13H,11H2,1-3H3,(H,21,25)(H,26,27)/p-1. The number of benzene rings is 2. The van der Waals surface area contributed by atoms with Gasteiger partial charge in [-0.1, -0.05) is 23.8 Å². The molecule has 8 heteroatoms. The molecule has 7 nitrogen and oxygen atoms in total. The van der Waals surface area contributed by atoms with Crippen LogP contribution in [-0.2, 0) is 24.9 Å². The largest absolute Gasteiger partial charge is 0.755 e. The van der Waals surface area contributed by atoms with Crippen molar-refractivity contribution in [2.45, 2.75) is 20.4 Å². The fourth-order valence-corrected chi connectivity index (χ4v) is 3.44. The van der Waals surface area contributed by atoms with Gasteiger partial charge in [0, 0.05) is 18.8 Å². The highest BCUT2D eigenvalue weighted by Gasteiger charge is 2.16. The number of anilines is 2. The second-order valence-electron chi connectivity index (χ2n) is 6.56. The van der Waals surface area contributed by atoms with Crippen LogP contribution in [0.3, 0.4) is 0 Å². The number of hydrogen-bond acceptors (Lipinski definition) is 4. The minimum atomic E-state index is -2.54. The third-order valence-electron chi connectivity index (χ3n) is 4.30. The zero-order chi connectivity index (χ0) is 20.3. The van der Waals surface area contributed by atoms with E-state index in [1.807, 2.05) is 32.3 Å². The van der Waals surface area contributed by atoms with Gasteiger partial charge in [-0.2, -0.15) is 0 Å². The number of rotatable bonds is 6. The number of nitrogens with one attached hydrogen (secondary N) is 1. The molecule has 1 aromatic heterocycles. The van der Waals surface area contributed by atoms with Gasteiger partial charge in [0.15, 0.2) is 0 Å². The molecule has 0 bridgehead atoms. The predicted molar refractivity (Wildman–Crippen MR) is 108 cm³/mol. The van der Waals surface area contributed by atoms with Gasteiger partial charge in [-0.15, -0.1) is 0 Å². The molecule has 3 rings (SSSR count). The summed E-state index contributed by atoms with van der Waals surface area (Å²) in [7, 11) is 1.85. The van der Waals surface area contributed by atoms with E-state index in [0.717, 1.165) is 16.8 Å². The lowest BCUT2D eigenvalue weighted by atomic mass is 10.1. The van der Waals surface area contributed by atoms with Crippen LogP contribution in [0.2, 0.25) is 0 Å². The molecule has 2 aromatic carbocycles. The Balaban J connectivity index is 1.87. The van der Waals surface area contributed by atoms with Crippen molar-refractivity contribution in [2.75, 3.05) is 4.31 Å². The molecule has 1 unspecified atom stereocenters. The van der Waals surface area contributed by atoms with Gasteiger partial charge in [0.2, 0.25) is 0 Å². The maximum atomic E-state index is 12.5. The zero-order valence-electron chi connectivity index (χ0n) is 15.9. The Kier molecular flexibility index (Phi) is 5.91. The van der Waals surface area contributed by atoms with Gasteiger partial charge in [0.05, 0.1) is 41.2 Å². The number of carbonyl (C=O) groups excluding carboxylic acids is 1. The number of amides is 1. The van der Waals surface area contributed by atoms with Crippen molar-refractivity contribution in [2.24, 2.45) is 7.05 Å². The van der Waals surface area contributed by atoms with Crippen molar-refractivity contribution >= 4 is 28.5 Å². The number of aromatic nitrogens is 2. The molecule has 28 heavy (non-hydrogen) atoms. The summed E-state index contributed by atoms with van der Waals surface area (Å²) in [6, 6.07) is 12.1. The molecular formula is C20H21N4O3S-. The highest BCUT2D eigenvalue weighted by atomic mass is 32.2. The van der Waals surface area contributed by atoms with Crippen LogP contribution in [0.4, 0.5) is 11.4 Å². The van der Waals surface area contributed by atoms with Crippen LogP contribution in [0.5, 0.6) is 0 Å². The van der Waals surface area contributed by atoms with E-state index in [-0.39, 0.29) is 12.5 Å². The molecular weight excluding hydrogens is 376 g/mol. The van der Waals surface area contributed by atoms with Gasteiger partial charge in [-0.05, 0) is 43.7 Å². The van der Waals surface area contributed by atoms with Gasteiger partial charge >= 0.3 is 0 Å². The Morgan fingerprint density at radius 1 is 1.21 bits per heavy atom. The molecule has 0 aliphatic carbocycles. The average Bonchev–Trinajstić information content (AvgIpc) is 3.08. The molecule has 0 radical (unpaired) electrons. The summed E-state index contributed by atoms with van der Waals surface area (Å²) in [5.74, 6) is -0.299. The minimum absolute atomic E-state index is 0.290. The van der Waals surface area contributed by atoms with Crippen molar-refractivity contribution in [3.63, 3.8) is 0 Å². The van der Waals surface area contributed by atoms with Crippen molar-refractivity contribution in [1.29, 1.82) is 0 Å². The number of nitrogens with zero attached hydrogens (tertiary/aromatic N) is 3. The molecule has 0 spiro atoms. The predicted octanol–water partition coefficient (Wildman–Crippen LogP) is 2.90. The second kappa shape index (κ2) is 8.37. The third kappa shape index (κ3) is 4.47. The maximum Gasteiger partial charge on any atom is 0.251 e. The fraction of sp³-hybridized carbons (Fsp3) is 0.200. The lowest BCUT2D eigenvalue weighted by Crippen LogP contribution is -2.24. The molecule has 3 aromatic rings. The Hall–Kier alpha value is -2.97. The first kappa shape index (κ1) is 19.8. The van der Waals surface area contributed by atoms with E-state index in [9.17, 15) is 13.6 Å². The average molecular weight is 397 g/mol. The lowest BCUT2D eigenvalue weighted by molar-refractivity contribution is 0.0950.